The molecular formula is C22H32N2O4. The van der Waals surface area contributed by atoms with Crippen LogP contribution in [0.25, 0.3) is 0 Å². The van der Waals surface area contributed by atoms with Crippen molar-refractivity contribution in [2.24, 2.45) is 5.41 Å². The quantitative estimate of drug-likeness (QED) is 0.536. The molecule has 0 radical (unpaired) electrons. The Kier molecular flexibility index (Phi) is 6.28. The number of rotatable bonds is 7. The number of carbonyl (C=O) groups excluding carboxylic acids is 2. The average Bonchev–Trinajstić information content (AvgIpc) is 3.13. The van der Waals surface area contributed by atoms with Crippen LogP contribution in [-0.4, -0.2) is 61.3 Å². The number of hydrogen-bond donors (Lipinski definition) is 1. The zero-order chi connectivity index (χ0) is 19.4. The second kappa shape index (κ2) is 8.89. The van der Waals surface area contributed by atoms with Crippen LogP contribution in [0.2, 0.25) is 0 Å². The van der Waals surface area contributed by atoms with Gasteiger partial charge < -0.3 is 14.8 Å². The minimum Gasteiger partial charge on any atom is -0.368 e. The second-order valence-corrected chi connectivity index (χ2v) is 8.70. The summed E-state index contributed by atoms with van der Waals surface area (Å²) in [6.07, 6.45) is 15.5. The number of allylic oxidation sites excluding steroid dienone is 2. The third-order valence-electron chi connectivity index (χ3n) is 6.54. The first-order chi connectivity index (χ1) is 13.7. The fourth-order valence-corrected chi connectivity index (χ4v) is 4.97. The number of nitrogens with zero attached hydrogens (tertiary/aromatic N) is 1. The van der Waals surface area contributed by atoms with E-state index in [1.165, 1.54) is 4.90 Å². The van der Waals surface area contributed by atoms with Crippen LogP contribution in [0.3, 0.4) is 0 Å². The lowest BCUT2D eigenvalue weighted by Crippen LogP contribution is -2.47. The molecule has 0 aromatic heterocycles. The molecule has 0 bridgehead atoms. The van der Waals surface area contributed by atoms with Crippen LogP contribution in [-0.2, 0) is 19.1 Å². The van der Waals surface area contributed by atoms with E-state index >= 15 is 0 Å². The average molecular weight is 389 g/mol. The number of amides is 2. The van der Waals surface area contributed by atoms with E-state index in [9.17, 15) is 9.59 Å². The molecule has 3 atom stereocenters. The predicted molar refractivity (Wildman–Crippen MR) is 106 cm³/mol. The topological polar surface area (TPSA) is 67.9 Å². The van der Waals surface area contributed by atoms with Gasteiger partial charge in [0.05, 0.1) is 12.7 Å². The van der Waals surface area contributed by atoms with E-state index in [1.807, 2.05) is 24.3 Å². The normalized spacial score (nSPS) is 31.6. The van der Waals surface area contributed by atoms with Crippen molar-refractivity contribution in [1.82, 2.24) is 10.2 Å². The van der Waals surface area contributed by atoms with Crippen LogP contribution in [0.15, 0.2) is 24.3 Å². The van der Waals surface area contributed by atoms with Crippen LogP contribution in [0, 0.1) is 5.41 Å². The van der Waals surface area contributed by atoms with Crippen molar-refractivity contribution in [2.75, 3.05) is 26.2 Å². The van der Waals surface area contributed by atoms with Gasteiger partial charge in [0.15, 0.2) is 0 Å². The smallest absolute Gasteiger partial charge is 0.229 e. The van der Waals surface area contributed by atoms with Crippen molar-refractivity contribution in [3.05, 3.63) is 24.3 Å². The zero-order valence-corrected chi connectivity index (χ0v) is 16.6. The molecule has 28 heavy (non-hydrogen) atoms. The number of hydrogen-bond acceptors (Lipinski definition) is 5. The molecular weight excluding hydrogens is 356 g/mol. The maximum atomic E-state index is 12.5. The Morgan fingerprint density at radius 1 is 1.04 bits per heavy atom. The van der Waals surface area contributed by atoms with E-state index < -0.39 is 0 Å². The van der Waals surface area contributed by atoms with Crippen LogP contribution in [0.5, 0.6) is 0 Å². The molecule has 6 heteroatoms. The Bertz CT molecular complexity index is 618. The highest BCUT2D eigenvalue weighted by Gasteiger charge is 2.44. The maximum absolute atomic E-state index is 12.5. The Morgan fingerprint density at radius 3 is 2.50 bits per heavy atom. The molecule has 1 spiro atoms. The molecule has 154 valence electrons. The Balaban J connectivity index is 1.10. The van der Waals surface area contributed by atoms with Gasteiger partial charge in [-0.1, -0.05) is 37.1 Å². The summed E-state index contributed by atoms with van der Waals surface area (Å²) in [5.74, 6) is 0.0889. The van der Waals surface area contributed by atoms with Crippen molar-refractivity contribution in [3.63, 3.8) is 0 Å². The van der Waals surface area contributed by atoms with Crippen molar-refractivity contribution >= 4 is 11.8 Å². The summed E-state index contributed by atoms with van der Waals surface area (Å²) in [5, 5.41) is 3.41. The molecule has 0 aromatic rings. The van der Waals surface area contributed by atoms with Crippen molar-refractivity contribution < 1.29 is 19.1 Å². The molecule has 3 unspecified atom stereocenters. The molecule has 4 aliphatic rings. The number of nitrogens with one attached hydrogen (secondary N) is 1. The fraction of sp³-hybridized carbons (Fsp3) is 0.727. The van der Waals surface area contributed by atoms with Gasteiger partial charge in [0, 0.05) is 25.9 Å². The first-order valence-corrected chi connectivity index (χ1v) is 10.8. The van der Waals surface area contributed by atoms with E-state index in [0.717, 1.165) is 51.6 Å². The highest BCUT2D eigenvalue weighted by molar-refractivity contribution is 5.98. The van der Waals surface area contributed by atoms with Gasteiger partial charge in [0.2, 0.25) is 11.8 Å². The molecule has 6 nitrogen and oxygen atoms in total. The monoisotopic (exact) mass is 388 g/mol. The van der Waals surface area contributed by atoms with Gasteiger partial charge in [0.1, 0.15) is 12.2 Å². The van der Waals surface area contributed by atoms with Gasteiger partial charge >= 0.3 is 0 Å². The lowest BCUT2D eigenvalue weighted by molar-refractivity contribution is -0.153. The second-order valence-electron chi connectivity index (χ2n) is 8.70. The third kappa shape index (κ3) is 4.56. The number of carbonyl (C=O) groups is 2. The van der Waals surface area contributed by atoms with Crippen molar-refractivity contribution in [3.8, 4) is 0 Å². The molecule has 2 aliphatic heterocycles. The van der Waals surface area contributed by atoms with Crippen molar-refractivity contribution in [2.45, 2.75) is 69.7 Å². The highest BCUT2D eigenvalue weighted by atomic mass is 16.6. The molecule has 1 saturated carbocycles. The zero-order valence-electron chi connectivity index (χ0n) is 16.6. The van der Waals surface area contributed by atoms with Crippen LogP contribution in [0.4, 0.5) is 0 Å². The number of fused-ring (bicyclic) bond motifs is 1. The van der Waals surface area contributed by atoms with Crippen molar-refractivity contribution in [1.29, 1.82) is 0 Å². The lowest BCUT2D eigenvalue weighted by Gasteiger charge is -2.37. The van der Waals surface area contributed by atoms with Gasteiger partial charge in [0.25, 0.3) is 0 Å². The van der Waals surface area contributed by atoms with E-state index in [2.05, 4.69) is 5.32 Å². The molecule has 2 saturated heterocycles. The van der Waals surface area contributed by atoms with Gasteiger partial charge in [-0.25, -0.2) is 0 Å². The largest absolute Gasteiger partial charge is 0.368 e. The summed E-state index contributed by atoms with van der Waals surface area (Å²) in [5.41, 5.74) is -0.00336. The fourth-order valence-electron chi connectivity index (χ4n) is 4.97. The van der Waals surface area contributed by atoms with E-state index in [0.29, 0.717) is 26.0 Å². The predicted octanol–water partition coefficient (Wildman–Crippen LogP) is 2.34. The van der Waals surface area contributed by atoms with Gasteiger partial charge in [-0.2, -0.15) is 0 Å². The minimum absolute atomic E-state index is 0.00336. The van der Waals surface area contributed by atoms with E-state index in [1.54, 1.807) is 0 Å². The highest BCUT2D eigenvalue weighted by Crippen LogP contribution is 2.46. The first-order valence-electron chi connectivity index (χ1n) is 10.8. The molecule has 1 N–H and O–H groups in total. The third-order valence-corrected chi connectivity index (χ3v) is 6.54. The number of piperidine rings is 1. The Morgan fingerprint density at radius 2 is 1.75 bits per heavy atom. The van der Waals surface area contributed by atoms with Crippen LogP contribution < -0.4 is 5.32 Å². The molecule has 0 aromatic carbocycles. The van der Waals surface area contributed by atoms with Crippen LogP contribution >= 0.6 is 0 Å². The minimum atomic E-state index is -0.00336. The summed E-state index contributed by atoms with van der Waals surface area (Å²) in [7, 11) is 0. The number of imide groups is 1. The number of likely N-dealkylation sites (tertiary alicyclic amines) is 1. The molecule has 4 rings (SSSR count). The summed E-state index contributed by atoms with van der Waals surface area (Å²) in [6, 6.07) is 0. The molecule has 2 heterocycles. The Hall–Kier alpha value is -1.50. The number of ether oxygens (including phenoxy) is 2. The molecule has 3 fully saturated rings. The number of unbranched alkanes of at least 4 members (excludes halogenated alkanes) is 1. The summed E-state index contributed by atoms with van der Waals surface area (Å²) >= 11 is 0. The standard InChI is InChI=1S/C22H32N2O4/c25-20-13-22(9-3-4-10-22)14-21(26)24(20)12-6-5-11-23-15-17-16-27-18-7-1-2-8-19(18)28-17/h1-2,7-8,17-19,23H,3-6,9-16H2. The van der Waals surface area contributed by atoms with Gasteiger partial charge in [-0.15, -0.1) is 0 Å². The molecule has 2 amide bonds. The summed E-state index contributed by atoms with van der Waals surface area (Å²) < 4.78 is 11.9. The summed E-state index contributed by atoms with van der Waals surface area (Å²) in [4.78, 5) is 26.4. The maximum Gasteiger partial charge on any atom is 0.229 e. The molecule has 2 aliphatic carbocycles. The van der Waals surface area contributed by atoms with Crippen LogP contribution in [0.1, 0.15) is 51.4 Å². The van der Waals surface area contributed by atoms with Gasteiger partial charge in [-0.3, -0.25) is 14.5 Å². The lowest BCUT2D eigenvalue weighted by atomic mass is 9.76. The summed E-state index contributed by atoms with van der Waals surface area (Å²) in [6.45, 7) is 2.76. The van der Waals surface area contributed by atoms with E-state index in [-0.39, 0.29) is 35.5 Å². The SMILES string of the molecule is O=C1CC2(CCCC2)CC(=O)N1CCCCNCC1COC2C=CC=CC2O1. The Labute approximate surface area is 167 Å². The first kappa shape index (κ1) is 19.8. The van der Waals surface area contributed by atoms with E-state index in [4.69, 9.17) is 9.47 Å². The van der Waals surface area contributed by atoms with Gasteiger partial charge in [-0.05, 0) is 37.6 Å².